The van der Waals surface area contributed by atoms with Crippen LogP contribution in [0.1, 0.15) is 2.85 Å². The van der Waals surface area contributed by atoms with E-state index in [0.717, 1.165) is 0 Å². The maximum atomic E-state index is 2.27. The SMILES string of the molecule is C[Si](C)=[Ti+2].[H-].[H-].c1ccc2[cH-]ccc2c1.c1ccc2[cH-]ccc2c1. The van der Waals surface area contributed by atoms with E-state index in [-0.39, 0.29) is 9.04 Å². The van der Waals surface area contributed by atoms with E-state index >= 15 is 0 Å². The Balaban J connectivity index is 0.000000341. The molecule has 0 saturated heterocycles. The molecule has 0 amide bonds. The molecule has 4 aromatic rings. The summed E-state index contributed by atoms with van der Waals surface area (Å²) in [6.45, 7) is 4.54. The maximum Gasteiger partial charge on any atom is -0.0809 e. The number of benzene rings is 2. The normalized spacial score (nSPS) is 9.64. The fourth-order valence-electron chi connectivity index (χ4n) is 2.14. The molecule has 0 aliphatic rings. The third-order valence-corrected chi connectivity index (χ3v) is 3.10. The van der Waals surface area contributed by atoms with E-state index in [4.69, 9.17) is 0 Å². The molecule has 2 heteroatoms. The van der Waals surface area contributed by atoms with Gasteiger partial charge in [-0.05, 0) is 0 Å². The fourth-order valence-corrected chi connectivity index (χ4v) is 2.14. The fraction of sp³-hybridized carbons (Fsp3) is 0.100. The molecule has 112 valence electrons. The van der Waals surface area contributed by atoms with E-state index in [2.05, 4.69) is 117 Å². The zero-order valence-electron chi connectivity index (χ0n) is 15.1. The topological polar surface area (TPSA) is 0 Å². The molecular formula is C20H22SiTi-2. The quantitative estimate of drug-likeness (QED) is 0.267. The van der Waals surface area contributed by atoms with E-state index in [1.807, 2.05) is 0 Å². The summed E-state index contributed by atoms with van der Waals surface area (Å²) in [7, 11) is 0. The monoisotopic (exact) mass is 338 g/mol. The number of hydrogen-bond acceptors (Lipinski definition) is 0. The van der Waals surface area contributed by atoms with Crippen molar-refractivity contribution in [3.05, 3.63) is 84.9 Å². The molecule has 22 heavy (non-hydrogen) atoms. The molecule has 0 N–H and O–H groups in total. The molecule has 0 nitrogen and oxygen atoms in total. The zero-order valence-corrected chi connectivity index (χ0v) is 15.6. The maximum absolute atomic E-state index is 2.27. The van der Waals surface area contributed by atoms with Crippen molar-refractivity contribution in [2.75, 3.05) is 0 Å². The Morgan fingerprint density at radius 2 is 1.09 bits per heavy atom. The van der Waals surface area contributed by atoms with Gasteiger partial charge in [-0.2, -0.15) is 35.0 Å². The van der Waals surface area contributed by atoms with Crippen LogP contribution in [0.3, 0.4) is 0 Å². The molecule has 0 fully saturated rings. The van der Waals surface area contributed by atoms with Crippen molar-refractivity contribution in [3.8, 4) is 0 Å². The predicted molar refractivity (Wildman–Crippen MR) is 98.8 cm³/mol. The van der Waals surface area contributed by atoms with Gasteiger partial charge < -0.3 is 2.85 Å². The molecule has 0 radical (unpaired) electrons. The molecule has 0 aliphatic carbocycles. The van der Waals surface area contributed by atoms with Gasteiger partial charge in [0.25, 0.3) is 0 Å². The Morgan fingerprint density at radius 3 is 1.45 bits per heavy atom. The second-order valence-corrected chi connectivity index (χ2v) is 12.0. The molecule has 0 bridgehead atoms. The number of rotatable bonds is 0. The first-order valence-electron chi connectivity index (χ1n) is 7.39. The average molecular weight is 338 g/mol. The number of fused-ring (bicyclic) bond motifs is 2. The van der Waals surface area contributed by atoms with Gasteiger partial charge in [-0.25, -0.2) is 0 Å². The van der Waals surface area contributed by atoms with Crippen molar-refractivity contribution in [1.29, 1.82) is 0 Å². The third-order valence-electron chi connectivity index (χ3n) is 3.10. The van der Waals surface area contributed by atoms with Crippen molar-refractivity contribution in [2.24, 2.45) is 0 Å². The van der Waals surface area contributed by atoms with Crippen LogP contribution in [0.15, 0.2) is 84.9 Å². The first kappa shape index (κ1) is 17.0. The average Bonchev–Trinajstić information content (AvgIpc) is 3.16. The summed E-state index contributed by atoms with van der Waals surface area (Å²) in [5.74, 6) is 0. The van der Waals surface area contributed by atoms with Crippen LogP contribution in [0, 0.1) is 0 Å². The van der Waals surface area contributed by atoms with Crippen LogP contribution in [-0.2, 0) is 19.2 Å². The Morgan fingerprint density at radius 1 is 0.727 bits per heavy atom. The standard InChI is InChI=1S/2C9H7.C2H6Si.Ti.2H/c2*1-2-5-9-7-3-6-8(9)4-1;1-3-2;;;/h2*1-7H;1-2H3;;;/q2*-1;;+2;2*-1. The van der Waals surface area contributed by atoms with Crippen LogP contribution in [-0.4, -0.2) is 6.19 Å². The molecule has 0 unspecified atom stereocenters. The van der Waals surface area contributed by atoms with Crippen molar-refractivity contribution in [1.82, 2.24) is 0 Å². The zero-order chi connectivity index (χ0) is 15.8. The van der Waals surface area contributed by atoms with Gasteiger partial charge in [0, 0.05) is 0 Å². The van der Waals surface area contributed by atoms with E-state index in [1.165, 1.54) is 21.5 Å². The largest absolute Gasteiger partial charge is 1.00 e. The van der Waals surface area contributed by atoms with E-state index in [9.17, 15) is 0 Å². The van der Waals surface area contributed by atoms with Gasteiger partial charge in [0.2, 0.25) is 0 Å². The van der Waals surface area contributed by atoms with Crippen molar-refractivity contribution in [3.63, 3.8) is 0 Å². The predicted octanol–water partition coefficient (Wildman–Crippen LogP) is 6.13. The Kier molecular flexibility index (Phi) is 6.85. The van der Waals surface area contributed by atoms with Crippen LogP contribution in [0.2, 0.25) is 13.1 Å². The molecule has 0 saturated carbocycles. The van der Waals surface area contributed by atoms with Crippen molar-refractivity contribution in [2.45, 2.75) is 13.1 Å². The molecule has 4 rings (SSSR count). The summed E-state index contributed by atoms with van der Waals surface area (Å²) in [6.07, 6.45) is 0.120. The molecule has 4 aromatic carbocycles. The van der Waals surface area contributed by atoms with Gasteiger partial charge in [-0.3, -0.25) is 0 Å². The van der Waals surface area contributed by atoms with Crippen molar-refractivity contribution < 1.29 is 22.0 Å². The van der Waals surface area contributed by atoms with Crippen LogP contribution in [0.5, 0.6) is 0 Å². The van der Waals surface area contributed by atoms with Crippen LogP contribution in [0.4, 0.5) is 0 Å². The van der Waals surface area contributed by atoms with Gasteiger partial charge in [0.05, 0.1) is 0 Å². The molecule has 0 aliphatic heterocycles. The van der Waals surface area contributed by atoms with Gasteiger partial charge in [-0.1, -0.05) is 12.1 Å². The smallest absolute Gasteiger partial charge is 0.0809 e. The summed E-state index contributed by atoms with van der Waals surface area (Å²) in [5.41, 5.74) is 0. The van der Waals surface area contributed by atoms with Gasteiger partial charge in [0.1, 0.15) is 0 Å². The third kappa shape index (κ3) is 5.42. The Hall–Kier alpha value is -1.41. The molecule has 0 aromatic heterocycles. The summed E-state index contributed by atoms with van der Waals surface area (Å²) < 4.78 is 0. The second-order valence-electron chi connectivity index (χ2n) is 5.31. The first-order chi connectivity index (χ1) is 10.7. The van der Waals surface area contributed by atoms with Crippen molar-refractivity contribution >= 4 is 27.7 Å². The molecular weight excluding hydrogens is 316 g/mol. The van der Waals surface area contributed by atoms with E-state index < -0.39 is 0 Å². The minimum atomic E-state index is 0. The van der Waals surface area contributed by atoms with Crippen LogP contribution < -0.4 is 0 Å². The summed E-state index contributed by atoms with van der Waals surface area (Å²) >= 11 is 2.27. The first-order valence-corrected chi connectivity index (χ1v) is 12.2. The summed E-state index contributed by atoms with van der Waals surface area (Å²) in [5, 5.41) is 5.32. The van der Waals surface area contributed by atoms with Gasteiger partial charge >= 0.3 is 38.5 Å². The minimum Gasteiger partial charge on any atom is -1.00 e. The molecule has 0 atom stereocenters. The van der Waals surface area contributed by atoms with E-state index in [0.29, 0.717) is 0 Å². The summed E-state index contributed by atoms with van der Waals surface area (Å²) in [6, 6.07) is 29.3. The van der Waals surface area contributed by atoms with Gasteiger partial charge in [0.15, 0.2) is 0 Å². The Labute approximate surface area is 147 Å². The summed E-state index contributed by atoms with van der Waals surface area (Å²) in [4.78, 5) is 0. The van der Waals surface area contributed by atoms with Crippen LogP contribution in [0.25, 0.3) is 21.5 Å². The number of hydrogen-bond donors (Lipinski definition) is 0. The van der Waals surface area contributed by atoms with E-state index in [1.54, 1.807) is 0 Å². The molecule has 0 spiro atoms. The van der Waals surface area contributed by atoms with Crippen LogP contribution >= 0.6 is 0 Å². The minimum absolute atomic E-state index is 0. The Bertz CT molecular complexity index is 718. The van der Waals surface area contributed by atoms with Gasteiger partial charge in [-0.15, -0.1) is 59.3 Å². The molecule has 0 heterocycles. The second kappa shape index (κ2) is 8.89.